The smallest absolute Gasteiger partial charge is 0.287 e. The quantitative estimate of drug-likeness (QED) is 0.766. The molecule has 0 spiro atoms. The SMILES string of the molecule is CC(NC(=O)c1ccc(S(N)(=O)=O)o1)C1CCN(c2nccnc2F)CC1. The normalized spacial score (nSPS) is 16.9. The molecule has 0 aliphatic carbocycles. The number of hydrogen-bond donors (Lipinski definition) is 2. The lowest BCUT2D eigenvalue weighted by atomic mass is 9.90. The fourth-order valence-corrected chi connectivity index (χ4v) is 3.59. The van der Waals surface area contributed by atoms with Crippen LogP contribution in [0.2, 0.25) is 0 Å². The van der Waals surface area contributed by atoms with Crippen LogP contribution in [0.15, 0.2) is 34.0 Å². The number of hydrogen-bond acceptors (Lipinski definition) is 7. The second-order valence-corrected chi connectivity index (χ2v) is 7.91. The summed E-state index contributed by atoms with van der Waals surface area (Å²) in [6.07, 6.45) is 4.22. The van der Waals surface area contributed by atoms with E-state index >= 15 is 0 Å². The van der Waals surface area contributed by atoms with Crippen LogP contribution in [0.4, 0.5) is 10.2 Å². The number of amides is 1. The lowest BCUT2D eigenvalue weighted by molar-refractivity contribution is 0.0888. The molecule has 9 nitrogen and oxygen atoms in total. The summed E-state index contributed by atoms with van der Waals surface area (Å²) in [4.78, 5) is 21.7. The summed E-state index contributed by atoms with van der Waals surface area (Å²) >= 11 is 0. The Bertz CT molecular complexity index is 924. The van der Waals surface area contributed by atoms with Crippen molar-refractivity contribution in [1.82, 2.24) is 15.3 Å². The van der Waals surface area contributed by atoms with Crippen LogP contribution in [0.5, 0.6) is 0 Å². The number of piperidine rings is 1. The predicted molar refractivity (Wildman–Crippen MR) is 93.9 cm³/mol. The number of aromatic nitrogens is 2. The van der Waals surface area contributed by atoms with Crippen LogP contribution >= 0.6 is 0 Å². The average molecular weight is 397 g/mol. The van der Waals surface area contributed by atoms with Gasteiger partial charge in [-0.3, -0.25) is 4.79 Å². The minimum absolute atomic E-state index is 0.120. The third kappa shape index (κ3) is 4.42. The maximum absolute atomic E-state index is 13.7. The molecule has 1 aliphatic heterocycles. The van der Waals surface area contributed by atoms with Gasteiger partial charge in [0.1, 0.15) is 0 Å². The standard InChI is InChI=1S/C16H20FN5O4S/c1-10(21-16(23)12-2-3-13(26-12)27(18,24)25)11-4-8-22(9-5-11)15-14(17)19-6-7-20-15/h2-3,6-7,10-11H,4-5,8-9H2,1H3,(H,21,23)(H2,18,24,25). The Morgan fingerprint density at radius 1 is 1.33 bits per heavy atom. The summed E-state index contributed by atoms with van der Waals surface area (Å²) in [6, 6.07) is 2.23. The number of halogens is 1. The summed E-state index contributed by atoms with van der Waals surface area (Å²) < 4.78 is 41.2. The van der Waals surface area contributed by atoms with Crippen molar-refractivity contribution >= 4 is 21.7 Å². The van der Waals surface area contributed by atoms with Crippen molar-refractivity contribution in [2.24, 2.45) is 11.1 Å². The Morgan fingerprint density at radius 2 is 2.00 bits per heavy atom. The fraction of sp³-hybridized carbons (Fsp3) is 0.438. The maximum atomic E-state index is 13.7. The molecule has 1 atom stereocenters. The zero-order valence-electron chi connectivity index (χ0n) is 14.6. The summed E-state index contributed by atoms with van der Waals surface area (Å²) in [5.74, 6) is -0.818. The predicted octanol–water partition coefficient (Wildman–Crippen LogP) is 0.891. The zero-order valence-corrected chi connectivity index (χ0v) is 15.4. The molecule has 1 saturated heterocycles. The van der Waals surface area contributed by atoms with Gasteiger partial charge in [0.15, 0.2) is 11.6 Å². The lowest BCUT2D eigenvalue weighted by Crippen LogP contribution is -2.44. The van der Waals surface area contributed by atoms with Crippen molar-refractivity contribution in [1.29, 1.82) is 0 Å². The van der Waals surface area contributed by atoms with E-state index in [1.807, 2.05) is 11.8 Å². The molecule has 27 heavy (non-hydrogen) atoms. The van der Waals surface area contributed by atoms with Crippen molar-refractivity contribution in [3.63, 3.8) is 0 Å². The van der Waals surface area contributed by atoms with Crippen molar-refractivity contribution in [2.45, 2.75) is 30.9 Å². The first-order valence-electron chi connectivity index (χ1n) is 8.40. The van der Waals surface area contributed by atoms with Gasteiger partial charge in [-0.2, -0.15) is 4.39 Å². The molecule has 1 amide bonds. The maximum Gasteiger partial charge on any atom is 0.287 e. The summed E-state index contributed by atoms with van der Waals surface area (Å²) in [6.45, 7) is 3.05. The van der Waals surface area contributed by atoms with Crippen LogP contribution in [0, 0.1) is 11.9 Å². The second kappa shape index (κ2) is 7.61. The molecule has 1 fully saturated rings. The molecule has 0 saturated carbocycles. The summed E-state index contributed by atoms with van der Waals surface area (Å²) in [5.41, 5.74) is 0. The van der Waals surface area contributed by atoms with Gasteiger partial charge < -0.3 is 14.6 Å². The molecule has 3 heterocycles. The van der Waals surface area contributed by atoms with Crippen molar-refractivity contribution in [3.8, 4) is 0 Å². The Morgan fingerprint density at radius 3 is 2.59 bits per heavy atom. The molecule has 0 aromatic carbocycles. The molecule has 3 N–H and O–H groups in total. The molecule has 1 unspecified atom stereocenters. The van der Waals surface area contributed by atoms with Gasteiger partial charge in [0.25, 0.3) is 21.9 Å². The fourth-order valence-electron chi connectivity index (χ4n) is 3.13. The Kier molecular flexibility index (Phi) is 5.42. The molecule has 146 valence electrons. The third-order valence-corrected chi connectivity index (χ3v) is 5.41. The van der Waals surface area contributed by atoms with E-state index in [9.17, 15) is 17.6 Å². The first kappa shape index (κ1) is 19.2. The highest BCUT2D eigenvalue weighted by Gasteiger charge is 2.28. The Labute approximate surface area is 155 Å². The van der Waals surface area contributed by atoms with Gasteiger partial charge in [0, 0.05) is 31.5 Å². The van der Waals surface area contributed by atoms with Gasteiger partial charge in [-0.15, -0.1) is 0 Å². The third-order valence-electron chi connectivity index (χ3n) is 4.63. The number of primary sulfonamides is 1. The number of nitrogens with one attached hydrogen (secondary N) is 1. The Balaban J connectivity index is 1.56. The number of nitrogens with two attached hydrogens (primary N) is 1. The monoisotopic (exact) mass is 397 g/mol. The highest BCUT2D eigenvalue weighted by atomic mass is 32.2. The number of rotatable bonds is 5. The molecule has 2 aromatic rings. The number of nitrogens with zero attached hydrogens (tertiary/aromatic N) is 3. The minimum Gasteiger partial charge on any atom is -0.438 e. The molecule has 0 radical (unpaired) electrons. The van der Waals surface area contributed by atoms with E-state index in [-0.39, 0.29) is 23.5 Å². The summed E-state index contributed by atoms with van der Waals surface area (Å²) in [7, 11) is -3.99. The van der Waals surface area contributed by atoms with E-state index in [2.05, 4.69) is 15.3 Å². The van der Waals surface area contributed by atoms with Gasteiger partial charge in [-0.05, 0) is 37.8 Å². The molecule has 3 rings (SSSR count). The molecular weight excluding hydrogens is 377 g/mol. The summed E-state index contributed by atoms with van der Waals surface area (Å²) in [5, 5.41) is 7.31. The van der Waals surface area contributed by atoms with E-state index in [4.69, 9.17) is 9.56 Å². The number of carbonyl (C=O) groups is 1. The van der Waals surface area contributed by atoms with Gasteiger partial charge >= 0.3 is 0 Å². The molecule has 0 bridgehead atoms. The minimum atomic E-state index is -3.99. The number of anilines is 1. The highest BCUT2D eigenvalue weighted by Crippen LogP contribution is 2.25. The highest BCUT2D eigenvalue weighted by molar-refractivity contribution is 7.89. The lowest BCUT2D eigenvalue weighted by Gasteiger charge is -2.35. The first-order chi connectivity index (χ1) is 12.8. The van der Waals surface area contributed by atoms with E-state index in [0.29, 0.717) is 13.1 Å². The van der Waals surface area contributed by atoms with Crippen LogP contribution in [0.3, 0.4) is 0 Å². The van der Waals surface area contributed by atoms with Crippen molar-refractivity contribution in [3.05, 3.63) is 36.2 Å². The number of sulfonamides is 1. The first-order valence-corrected chi connectivity index (χ1v) is 9.95. The van der Waals surface area contributed by atoms with Crippen LogP contribution in [0.1, 0.15) is 30.3 Å². The number of carbonyl (C=O) groups excluding carboxylic acids is 1. The van der Waals surface area contributed by atoms with Gasteiger partial charge in [-0.1, -0.05) is 0 Å². The van der Waals surface area contributed by atoms with Crippen molar-refractivity contribution in [2.75, 3.05) is 18.0 Å². The van der Waals surface area contributed by atoms with E-state index in [1.165, 1.54) is 18.5 Å². The van der Waals surface area contributed by atoms with Gasteiger partial charge in [0.05, 0.1) is 0 Å². The average Bonchev–Trinajstić information content (AvgIpc) is 3.13. The van der Waals surface area contributed by atoms with E-state index < -0.39 is 27.0 Å². The Hall–Kier alpha value is -2.53. The van der Waals surface area contributed by atoms with Gasteiger partial charge in [-0.25, -0.2) is 23.5 Å². The van der Waals surface area contributed by atoms with Crippen LogP contribution in [0.25, 0.3) is 0 Å². The van der Waals surface area contributed by atoms with Crippen LogP contribution < -0.4 is 15.4 Å². The largest absolute Gasteiger partial charge is 0.438 e. The zero-order chi connectivity index (χ0) is 19.6. The van der Waals surface area contributed by atoms with E-state index in [0.717, 1.165) is 18.9 Å². The molecule has 1 aliphatic rings. The van der Waals surface area contributed by atoms with E-state index in [1.54, 1.807) is 0 Å². The van der Waals surface area contributed by atoms with Crippen LogP contribution in [-0.4, -0.2) is 43.4 Å². The topological polar surface area (TPSA) is 131 Å². The van der Waals surface area contributed by atoms with Gasteiger partial charge in [0.2, 0.25) is 5.09 Å². The molecule has 11 heteroatoms. The molecule has 2 aromatic heterocycles. The molecular formula is C16H20FN5O4S. The van der Waals surface area contributed by atoms with Crippen molar-refractivity contribution < 1.29 is 22.0 Å². The van der Waals surface area contributed by atoms with Crippen LogP contribution in [-0.2, 0) is 10.0 Å². The number of furan rings is 1. The second-order valence-electron chi connectivity index (χ2n) is 6.42.